The lowest BCUT2D eigenvalue weighted by Crippen LogP contribution is -2.28. The summed E-state index contributed by atoms with van der Waals surface area (Å²) in [5.74, 6) is 0. The molecule has 1 unspecified atom stereocenters. The van der Waals surface area contributed by atoms with Crippen molar-refractivity contribution in [1.82, 2.24) is 4.90 Å². The van der Waals surface area contributed by atoms with E-state index in [1.807, 2.05) is 24.3 Å². The lowest BCUT2D eigenvalue weighted by molar-refractivity contribution is 0.119. The van der Waals surface area contributed by atoms with Crippen LogP contribution in [0.1, 0.15) is 25.5 Å². The second-order valence-electron chi connectivity index (χ2n) is 3.55. The van der Waals surface area contributed by atoms with Gasteiger partial charge in [-0.15, -0.1) is 0 Å². The van der Waals surface area contributed by atoms with Gasteiger partial charge >= 0.3 is 0 Å². The van der Waals surface area contributed by atoms with Gasteiger partial charge in [-0.05, 0) is 30.8 Å². The predicted octanol–water partition coefficient (Wildman–Crippen LogP) is 2.72. The number of aliphatic hydroxyl groups excluding tert-OH is 1. The van der Waals surface area contributed by atoms with Crippen molar-refractivity contribution in [1.29, 1.82) is 0 Å². The summed E-state index contributed by atoms with van der Waals surface area (Å²) in [7, 11) is 0. The normalized spacial score (nSPS) is 13.1. The van der Waals surface area contributed by atoms with Crippen LogP contribution in [-0.2, 0) is 0 Å². The molecule has 0 spiro atoms. The molecule has 0 aromatic heterocycles. The summed E-state index contributed by atoms with van der Waals surface area (Å²) in [4.78, 5) is 2.19. The predicted molar refractivity (Wildman–Crippen MR) is 64.2 cm³/mol. The molecule has 1 atom stereocenters. The Morgan fingerprint density at radius 2 is 1.73 bits per heavy atom. The minimum absolute atomic E-state index is 0.429. The molecule has 0 heterocycles. The summed E-state index contributed by atoms with van der Waals surface area (Å²) in [5, 5.41) is 10.7. The first kappa shape index (κ1) is 12.5. The lowest BCUT2D eigenvalue weighted by Gasteiger charge is -2.22. The van der Waals surface area contributed by atoms with Crippen LogP contribution in [0.4, 0.5) is 0 Å². The maximum absolute atomic E-state index is 9.96. The van der Waals surface area contributed by atoms with Crippen molar-refractivity contribution in [2.75, 3.05) is 19.6 Å². The molecule has 1 aromatic carbocycles. The topological polar surface area (TPSA) is 23.5 Å². The van der Waals surface area contributed by atoms with Crippen molar-refractivity contribution >= 4 is 11.6 Å². The van der Waals surface area contributed by atoms with E-state index in [0.29, 0.717) is 11.6 Å². The maximum atomic E-state index is 9.96. The first-order valence-electron chi connectivity index (χ1n) is 5.33. The molecule has 84 valence electrons. The Morgan fingerprint density at radius 3 is 2.20 bits per heavy atom. The highest BCUT2D eigenvalue weighted by Gasteiger charge is 2.10. The summed E-state index contributed by atoms with van der Waals surface area (Å²) in [6, 6.07) is 7.36. The largest absolute Gasteiger partial charge is 0.387 e. The van der Waals surface area contributed by atoms with Gasteiger partial charge in [0.15, 0.2) is 0 Å². The first-order valence-corrected chi connectivity index (χ1v) is 5.71. The van der Waals surface area contributed by atoms with Crippen LogP contribution in [0.3, 0.4) is 0 Å². The molecule has 0 aliphatic carbocycles. The van der Waals surface area contributed by atoms with E-state index in [4.69, 9.17) is 11.6 Å². The van der Waals surface area contributed by atoms with E-state index in [-0.39, 0.29) is 0 Å². The van der Waals surface area contributed by atoms with Crippen LogP contribution in [0.2, 0.25) is 5.02 Å². The molecule has 1 rings (SSSR count). The van der Waals surface area contributed by atoms with E-state index in [1.54, 1.807) is 0 Å². The zero-order valence-corrected chi connectivity index (χ0v) is 10.0. The fraction of sp³-hybridized carbons (Fsp3) is 0.500. The van der Waals surface area contributed by atoms with Gasteiger partial charge in [-0.2, -0.15) is 0 Å². The first-order chi connectivity index (χ1) is 7.17. The second-order valence-corrected chi connectivity index (χ2v) is 3.99. The Bertz CT molecular complexity index is 282. The van der Waals surface area contributed by atoms with Gasteiger partial charge in [0, 0.05) is 11.6 Å². The third-order valence-electron chi connectivity index (χ3n) is 2.58. The van der Waals surface area contributed by atoms with Crippen molar-refractivity contribution in [2.24, 2.45) is 0 Å². The molecular weight excluding hydrogens is 210 g/mol. The quantitative estimate of drug-likeness (QED) is 0.836. The number of hydrogen-bond donors (Lipinski definition) is 1. The highest BCUT2D eigenvalue weighted by Crippen LogP contribution is 2.17. The zero-order chi connectivity index (χ0) is 11.3. The van der Waals surface area contributed by atoms with Gasteiger partial charge in [-0.25, -0.2) is 0 Å². The molecule has 0 aliphatic rings. The van der Waals surface area contributed by atoms with Gasteiger partial charge in [0.25, 0.3) is 0 Å². The van der Waals surface area contributed by atoms with E-state index in [2.05, 4.69) is 18.7 Å². The molecular formula is C12H18ClNO. The Labute approximate surface area is 96.5 Å². The van der Waals surface area contributed by atoms with Crippen molar-refractivity contribution in [3.8, 4) is 0 Å². The number of nitrogens with zero attached hydrogens (tertiary/aromatic N) is 1. The molecule has 1 N–H and O–H groups in total. The lowest BCUT2D eigenvalue weighted by atomic mass is 10.1. The van der Waals surface area contributed by atoms with Crippen LogP contribution in [0.15, 0.2) is 24.3 Å². The molecule has 1 aromatic rings. The molecule has 0 bridgehead atoms. The van der Waals surface area contributed by atoms with Crippen LogP contribution in [0.25, 0.3) is 0 Å². The molecule has 0 aliphatic heterocycles. The number of rotatable bonds is 5. The SMILES string of the molecule is CCN(CC)CC(O)c1ccc(Cl)cc1. The van der Waals surface area contributed by atoms with Crippen LogP contribution in [0, 0.1) is 0 Å². The minimum Gasteiger partial charge on any atom is -0.387 e. The molecule has 0 fully saturated rings. The van der Waals surface area contributed by atoms with Crippen molar-refractivity contribution in [2.45, 2.75) is 20.0 Å². The van der Waals surface area contributed by atoms with Crippen LogP contribution in [-0.4, -0.2) is 29.6 Å². The van der Waals surface area contributed by atoms with Crippen molar-refractivity contribution in [3.05, 3.63) is 34.9 Å². The molecule has 0 radical (unpaired) electrons. The molecule has 0 saturated heterocycles. The fourth-order valence-corrected chi connectivity index (χ4v) is 1.64. The zero-order valence-electron chi connectivity index (χ0n) is 9.28. The Kier molecular flexibility index (Phi) is 5.09. The van der Waals surface area contributed by atoms with Crippen LogP contribution in [0.5, 0.6) is 0 Å². The number of halogens is 1. The maximum Gasteiger partial charge on any atom is 0.0916 e. The smallest absolute Gasteiger partial charge is 0.0916 e. The van der Waals surface area contributed by atoms with Gasteiger partial charge in [0.2, 0.25) is 0 Å². The molecule has 0 saturated carbocycles. The number of aliphatic hydroxyl groups is 1. The Balaban J connectivity index is 2.60. The Morgan fingerprint density at radius 1 is 1.20 bits per heavy atom. The summed E-state index contributed by atoms with van der Waals surface area (Å²) >= 11 is 5.78. The minimum atomic E-state index is -0.429. The van der Waals surface area contributed by atoms with Crippen molar-refractivity contribution in [3.63, 3.8) is 0 Å². The third-order valence-corrected chi connectivity index (χ3v) is 2.83. The average molecular weight is 228 g/mol. The summed E-state index contributed by atoms with van der Waals surface area (Å²) in [5.41, 5.74) is 0.923. The summed E-state index contributed by atoms with van der Waals surface area (Å²) in [6.45, 7) is 6.78. The third kappa shape index (κ3) is 3.82. The van der Waals surface area contributed by atoms with Gasteiger partial charge in [0.1, 0.15) is 0 Å². The summed E-state index contributed by atoms with van der Waals surface area (Å²) < 4.78 is 0. The fourth-order valence-electron chi connectivity index (χ4n) is 1.52. The van der Waals surface area contributed by atoms with Crippen LogP contribution < -0.4 is 0 Å². The summed E-state index contributed by atoms with van der Waals surface area (Å²) in [6.07, 6.45) is -0.429. The Hall–Kier alpha value is -0.570. The van der Waals surface area contributed by atoms with Gasteiger partial charge < -0.3 is 10.0 Å². The van der Waals surface area contributed by atoms with E-state index in [9.17, 15) is 5.11 Å². The molecule has 2 nitrogen and oxygen atoms in total. The van der Waals surface area contributed by atoms with Gasteiger partial charge in [-0.1, -0.05) is 37.6 Å². The highest BCUT2D eigenvalue weighted by molar-refractivity contribution is 6.30. The monoisotopic (exact) mass is 227 g/mol. The van der Waals surface area contributed by atoms with Gasteiger partial charge in [-0.3, -0.25) is 0 Å². The van der Waals surface area contributed by atoms with E-state index in [0.717, 1.165) is 18.7 Å². The second kappa shape index (κ2) is 6.11. The number of benzene rings is 1. The molecule has 15 heavy (non-hydrogen) atoms. The van der Waals surface area contributed by atoms with Crippen LogP contribution >= 0.6 is 11.6 Å². The van der Waals surface area contributed by atoms with E-state index < -0.39 is 6.10 Å². The standard InChI is InChI=1S/C12H18ClNO/c1-3-14(4-2)9-12(15)10-5-7-11(13)8-6-10/h5-8,12,15H,3-4,9H2,1-2H3. The van der Waals surface area contributed by atoms with E-state index >= 15 is 0 Å². The molecule has 0 amide bonds. The highest BCUT2D eigenvalue weighted by atomic mass is 35.5. The van der Waals surface area contributed by atoms with E-state index in [1.165, 1.54) is 0 Å². The number of hydrogen-bond acceptors (Lipinski definition) is 2. The average Bonchev–Trinajstić information content (AvgIpc) is 2.26. The van der Waals surface area contributed by atoms with Crippen molar-refractivity contribution < 1.29 is 5.11 Å². The number of likely N-dealkylation sites (N-methyl/N-ethyl adjacent to an activating group) is 1. The van der Waals surface area contributed by atoms with Gasteiger partial charge in [0.05, 0.1) is 6.10 Å². The molecule has 3 heteroatoms.